The number of amides is 2. The Morgan fingerprint density at radius 3 is 2.33 bits per heavy atom. The van der Waals surface area contributed by atoms with E-state index in [1.54, 1.807) is 6.07 Å². The molecule has 5 heteroatoms. The van der Waals surface area contributed by atoms with Crippen molar-refractivity contribution in [1.29, 1.82) is 0 Å². The summed E-state index contributed by atoms with van der Waals surface area (Å²) in [5.74, 6) is -0.253. The predicted molar refractivity (Wildman–Crippen MR) is 106 cm³/mol. The molecule has 0 aliphatic rings. The van der Waals surface area contributed by atoms with E-state index >= 15 is 0 Å². The minimum atomic E-state index is -0.155. The van der Waals surface area contributed by atoms with Gasteiger partial charge in [0.05, 0.1) is 12.7 Å². The van der Waals surface area contributed by atoms with Crippen molar-refractivity contribution in [2.75, 3.05) is 6.54 Å². The minimum Gasteiger partial charge on any atom is -0.374 e. The molecule has 0 bridgehead atoms. The van der Waals surface area contributed by atoms with Crippen molar-refractivity contribution in [3.63, 3.8) is 0 Å². The van der Waals surface area contributed by atoms with E-state index in [2.05, 4.69) is 10.6 Å². The van der Waals surface area contributed by atoms with Crippen LogP contribution >= 0.6 is 0 Å². The fourth-order valence-corrected chi connectivity index (χ4v) is 2.62. The van der Waals surface area contributed by atoms with Gasteiger partial charge in [0.25, 0.3) is 5.91 Å². The van der Waals surface area contributed by atoms with Crippen LogP contribution in [0.5, 0.6) is 0 Å². The highest BCUT2D eigenvalue weighted by Crippen LogP contribution is 2.11. The third-order valence-electron chi connectivity index (χ3n) is 4.19. The summed E-state index contributed by atoms with van der Waals surface area (Å²) in [5.41, 5.74) is 3.66. The molecule has 0 radical (unpaired) electrons. The minimum absolute atomic E-state index is 0.0975. The largest absolute Gasteiger partial charge is 0.374 e. The molecule has 27 heavy (non-hydrogen) atoms. The summed E-state index contributed by atoms with van der Waals surface area (Å²) < 4.78 is 5.66. The third-order valence-corrected chi connectivity index (χ3v) is 4.19. The summed E-state index contributed by atoms with van der Waals surface area (Å²) >= 11 is 0. The number of rotatable bonds is 9. The van der Waals surface area contributed by atoms with Gasteiger partial charge < -0.3 is 15.4 Å². The number of hydrogen-bond acceptors (Lipinski definition) is 3. The smallest absolute Gasteiger partial charge is 0.251 e. The third kappa shape index (κ3) is 6.87. The molecule has 0 unspecified atom stereocenters. The summed E-state index contributed by atoms with van der Waals surface area (Å²) in [6, 6.07) is 15.3. The number of benzene rings is 2. The molecule has 5 nitrogen and oxygen atoms in total. The summed E-state index contributed by atoms with van der Waals surface area (Å²) in [6.07, 6.45) is 0.395. The van der Waals surface area contributed by atoms with Crippen LogP contribution in [0.4, 0.5) is 0 Å². The first kappa shape index (κ1) is 20.6. The van der Waals surface area contributed by atoms with Crippen molar-refractivity contribution >= 4 is 11.8 Å². The Bertz CT molecular complexity index is 772. The highest BCUT2D eigenvalue weighted by molar-refractivity contribution is 5.95. The summed E-state index contributed by atoms with van der Waals surface area (Å²) in [6.45, 7) is 7.16. The van der Waals surface area contributed by atoms with Crippen molar-refractivity contribution < 1.29 is 14.3 Å². The Morgan fingerprint density at radius 2 is 1.63 bits per heavy atom. The van der Waals surface area contributed by atoms with E-state index in [0.29, 0.717) is 25.3 Å². The zero-order valence-electron chi connectivity index (χ0n) is 16.2. The van der Waals surface area contributed by atoms with Crippen molar-refractivity contribution in [2.45, 2.75) is 46.4 Å². The number of aryl methyl sites for hydroxylation is 1. The molecule has 2 N–H and O–H groups in total. The lowest BCUT2D eigenvalue weighted by Crippen LogP contribution is -2.31. The van der Waals surface area contributed by atoms with E-state index in [4.69, 9.17) is 4.74 Å². The normalized spacial score (nSPS) is 10.7. The van der Waals surface area contributed by atoms with E-state index in [9.17, 15) is 9.59 Å². The highest BCUT2D eigenvalue weighted by atomic mass is 16.5. The predicted octanol–water partition coefficient (Wildman–Crippen LogP) is 3.36. The summed E-state index contributed by atoms with van der Waals surface area (Å²) in [4.78, 5) is 24.2. The number of carbonyl (C=O) groups is 2. The Hall–Kier alpha value is -2.66. The molecule has 144 valence electrons. The van der Waals surface area contributed by atoms with Crippen LogP contribution in [0.3, 0.4) is 0 Å². The maximum Gasteiger partial charge on any atom is 0.251 e. The number of hydrogen-bond donors (Lipinski definition) is 2. The van der Waals surface area contributed by atoms with Gasteiger partial charge in [-0.05, 0) is 43.5 Å². The number of nitrogens with one attached hydrogen (secondary N) is 2. The maximum atomic E-state index is 12.1. The quantitative estimate of drug-likeness (QED) is 0.713. The molecular weight excluding hydrogens is 340 g/mol. The van der Waals surface area contributed by atoms with Crippen molar-refractivity contribution in [3.8, 4) is 0 Å². The van der Waals surface area contributed by atoms with E-state index in [1.165, 1.54) is 0 Å². The van der Waals surface area contributed by atoms with Gasteiger partial charge in [-0.1, -0.05) is 42.5 Å². The average Bonchev–Trinajstić information content (AvgIpc) is 2.65. The Morgan fingerprint density at radius 1 is 0.963 bits per heavy atom. The van der Waals surface area contributed by atoms with Gasteiger partial charge in [0.15, 0.2) is 0 Å². The molecule has 2 amide bonds. The molecule has 0 aliphatic carbocycles. The van der Waals surface area contributed by atoms with Crippen LogP contribution in [-0.4, -0.2) is 24.5 Å². The SMILES string of the molecule is Cc1ccccc1C(=O)NCCC(=O)NCc1ccccc1COC(C)C. The fraction of sp³-hybridized carbons (Fsp3) is 0.364. The van der Waals surface area contributed by atoms with Crippen LogP contribution in [-0.2, 0) is 22.7 Å². The molecule has 0 aromatic heterocycles. The first-order valence-electron chi connectivity index (χ1n) is 9.26. The Balaban J connectivity index is 1.77. The average molecular weight is 368 g/mol. The molecular formula is C22H28N2O3. The lowest BCUT2D eigenvalue weighted by molar-refractivity contribution is -0.121. The molecule has 2 rings (SSSR count). The van der Waals surface area contributed by atoms with Gasteiger partial charge in [0, 0.05) is 25.1 Å². The second kappa shape index (κ2) is 10.5. The van der Waals surface area contributed by atoms with Gasteiger partial charge in [-0.2, -0.15) is 0 Å². The summed E-state index contributed by atoms with van der Waals surface area (Å²) in [5, 5.41) is 5.70. The van der Waals surface area contributed by atoms with Crippen molar-refractivity contribution in [3.05, 3.63) is 70.8 Å². The second-order valence-electron chi connectivity index (χ2n) is 6.73. The Labute approximate surface area is 161 Å². The Kier molecular flexibility index (Phi) is 8.01. The van der Waals surface area contributed by atoms with Crippen molar-refractivity contribution in [2.24, 2.45) is 0 Å². The van der Waals surface area contributed by atoms with E-state index in [-0.39, 0.29) is 24.3 Å². The van der Waals surface area contributed by atoms with Crippen LogP contribution in [0.1, 0.15) is 47.3 Å². The van der Waals surface area contributed by atoms with Crippen LogP contribution in [0.15, 0.2) is 48.5 Å². The number of ether oxygens (including phenoxy) is 1. The molecule has 2 aromatic carbocycles. The number of carbonyl (C=O) groups excluding carboxylic acids is 2. The lowest BCUT2D eigenvalue weighted by Gasteiger charge is -2.13. The van der Waals surface area contributed by atoms with Gasteiger partial charge in [-0.3, -0.25) is 9.59 Å². The monoisotopic (exact) mass is 368 g/mol. The van der Waals surface area contributed by atoms with E-state index in [0.717, 1.165) is 16.7 Å². The van der Waals surface area contributed by atoms with E-state index < -0.39 is 0 Å². The van der Waals surface area contributed by atoms with Crippen LogP contribution in [0.25, 0.3) is 0 Å². The molecule has 0 fully saturated rings. The van der Waals surface area contributed by atoms with Gasteiger partial charge in [-0.15, -0.1) is 0 Å². The zero-order valence-corrected chi connectivity index (χ0v) is 16.2. The second-order valence-corrected chi connectivity index (χ2v) is 6.73. The van der Waals surface area contributed by atoms with E-state index in [1.807, 2.05) is 63.2 Å². The molecule has 0 saturated heterocycles. The zero-order chi connectivity index (χ0) is 19.6. The molecule has 0 atom stereocenters. The first-order valence-corrected chi connectivity index (χ1v) is 9.26. The van der Waals surface area contributed by atoms with Crippen molar-refractivity contribution in [1.82, 2.24) is 10.6 Å². The van der Waals surface area contributed by atoms with Gasteiger partial charge >= 0.3 is 0 Å². The lowest BCUT2D eigenvalue weighted by atomic mass is 10.1. The molecule has 0 spiro atoms. The standard InChI is InChI=1S/C22H28N2O3/c1-16(2)27-15-19-10-6-5-9-18(19)14-24-21(25)12-13-23-22(26)20-11-7-4-8-17(20)3/h4-11,16H,12-15H2,1-3H3,(H,23,26)(H,24,25). The summed E-state index contributed by atoms with van der Waals surface area (Å²) in [7, 11) is 0. The van der Waals surface area contributed by atoms with Crippen LogP contribution in [0.2, 0.25) is 0 Å². The van der Waals surface area contributed by atoms with Crippen LogP contribution < -0.4 is 10.6 Å². The van der Waals surface area contributed by atoms with Gasteiger partial charge in [-0.25, -0.2) is 0 Å². The maximum absolute atomic E-state index is 12.1. The van der Waals surface area contributed by atoms with Crippen LogP contribution in [0, 0.1) is 6.92 Å². The van der Waals surface area contributed by atoms with Gasteiger partial charge in [0.2, 0.25) is 5.91 Å². The first-order chi connectivity index (χ1) is 13.0. The molecule has 2 aromatic rings. The molecule has 0 saturated carbocycles. The van der Waals surface area contributed by atoms with Gasteiger partial charge in [0.1, 0.15) is 0 Å². The molecule has 0 aliphatic heterocycles. The molecule has 0 heterocycles. The topological polar surface area (TPSA) is 67.4 Å². The highest BCUT2D eigenvalue weighted by Gasteiger charge is 2.09. The fourth-order valence-electron chi connectivity index (χ4n) is 2.62.